The van der Waals surface area contributed by atoms with E-state index < -0.39 is 6.10 Å². The Bertz CT molecular complexity index is 783. The van der Waals surface area contributed by atoms with Gasteiger partial charge < -0.3 is 19.7 Å². The molecule has 2 aromatic carbocycles. The van der Waals surface area contributed by atoms with E-state index in [9.17, 15) is 4.79 Å². The Morgan fingerprint density at radius 3 is 2.48 bits per heavy atom. The monoisotopic (exact) mass is 396 g/mol. The van der Waals surface area contributed by atoms with Crippen LogP contribution in [-0.4, -0.2) is 43.2 Å². The number of hydrogen-bond donors (Lipinski definition) is 1. The molecular formula is C24H32N2O3. The van der Waals surface area contributed by atoms with Gasteiger partial charge >= 0.3 is 0 Å². The third-order valence-corrected chi connectivity index (χ3v) is 5.38. The summed E-state index contributed by atoms with van der Waals surface area (Å²) in [6.07, 6.45) is 2.54. The van der Waals surface area contributed by atoms with Crippen LogP contribution in [0.1, 0.15) is 37.3 Å². The number of hydrogen-bond acceptors (Lipinski definition) is 4. The largest absolute Gasteiger partial charge is 0.490 e. The molecular weight excluding hydrogens is 364 g/mol. The number of amides is 1. The van der Waals surface area contributed by atoms with Gasteiger partial charge in [-0.15, -0.1) is 0 Å². The Balaban J connectivity index is 1.48. The molecule has 1 atom stereocenters. The molecule has 1 aliphatic rings. The number of aryl methyl sites for hydroxylation is 1. The highest BCUT2D eigenvalue weighted by molar-refractivity contribution is 5.81. The van der Waals surface area contributed by atoms with E-state index in [0.717, 1.165) is 48.6 Å². The van der Waals surface area contributed by atoms with E-state index in [1.165, 1.54) is 0 Å². The second-order valence-electron chi connectivity index (χ2n) is 7.76. The Morgan fingerprint density at radius 1 is 1.14 bits per heavy atom. The van der Waals surface area contributed by atoms with E-state index in [-0.39, 0.29) is 5.91 Å². The van der Waals surface area contributed by atoms with Gasteiger partial charge in [0.15, 0.2) is 6.10 Å². The molecule has 1 aliphatic heterocycles. The van der Waals surface area contributed by atoms with E-state index >= 15 is 0 Å². The summed E-state index contributed by atoms with van der Waals surface area (Å²) in [6.45, 7) is 6.57. The smallest absolute Gasteiger partial charge is 0.261 e. The third kappa shape index (κ3) is 6.23. The van der Waals surface area contributed by atoms with Gasteiger partial charge in [0.2, 0.25) is 0 Å². The number of likely N-dealkylation sites (tertiary alicyclic amines) is 1. The molecule has 3 rings (SSSR count). The first-order chi connectivity index (χ1) is 14.0. The number of benzene rings is 2. The summed E-state index contributed by atoms with van der Waals surface area (Å²) in [6, 6.07) is 15.7. The van der Waals surface area contributed by atoms with Gasteiger partial charge in [0, 0.05) is 19.6 Å². The maximum atomic E-state index is 12.6. The number of carbonyl (C=O) groups excluding carboxylic acids is 1. The fourth-order valence-electron chi connectivity index (χ4n) is 3.45. The van der Waals surface area contributed by atoms with Gasteiger partial charge in [0.25, 0.3) is 5.91 Å². The van der Waals surface area contributed by atoms with Crippen molar-refractivity contribution < 1.29 is 14.3 Å². The van der Waals surface area contributed by atoms with Gasteiger partial charge in [-0.1, -0.05) is 37.3 Å². The van der Waals surface area contributed by atoms with E-state index in [0.29, 0.717) is 19.1 Å². The zero-order valence-corrected chi connectivity index (χ0v) is 17.7. The predicted octanol–water partition coefficient (Wildman–Crippen LogP) is 3.94. The second kappa shape index (κ2) is 10.3. The lowest BCUT2D eigenvalue weighted by atomic mass is 10.1. The molecule has 5 heteroatoms. The Kier molecular flexibility index (Phi) is 7.53. The molecule has 1 heterocycles. The average molecular weight is 397 g/mol. The molecule has 1 amide bonds. The quantitative estimate of drug-likeness (QED) is 0.734. The van der Waals surface area contributed by atoms with Crippen LogP contribution in [0.4, 0.5) is 0 Å². The first kappa shape index (κ1) is 21.2. The fraction of sp³-hybridized carbons (Fsp3) is 0.458. The van der Waals surface area contributed by atoms with Gasteiger partial charge in [0.05, 0.1) is 0 Å². The van der Waals surface area contributed by atoms with Gasteiger partial charge in [0.1, 0.15) is 17.6 Å². The number of nitrogens with one attached hydrogen (secondary N) is 1. The van der Waals surface area contributed by atoms with E-state index in [1.54, 1.807) is 0 Å². The van der Waals surface area contributed by atoms with Crippen molar-refractivity contribution in [2.75, 3.05) is 20.1 Å². The number of ether oxygens (including phenoxy) is 2. The average Bonchev–Trinajstić information content (AvgIpc) is 2.74. The summed E-state index contributed by atoms with van der Waals surface area (Å²) < 4.78 is 12.0. The standard InChI is InChI=1S/C24H32N2O3/c1-4-22(29-23-8-6-5-7-18(23)2)24(27)25-17-19-9-11-20(12-10-19)28-21-13-15-26(3)16-14-21/h5-12,21-22H,4,13-17H2,1-3H3,(H,25,27)/t22-/m0/s1. The van der Waals surface area contributed by atoms with Crippen molar-refractivity contribution in [3.8, 4) is 11.5 Å². The van der Waals surface area contributed by atoms with Crippen molar-refractivity contribution in [1.29, 1.82) is 0 Å². The Hall–Kier alpha value is -2.53. The summed E-state index contributed by atoms with van der Waals surface area (Å²) in [5, 5.41) is 2.99. The van der Waals surface area contributed by atoms with Crippen LogP contribution in [0.5, 0.6) is 11.5 Å². The Morgan fingerprint density at radius 2 is 1.83 bits per heavy atom. The van der Waals surface area contributed by atoms with Gasteiger partial charge in [-0.3, -0.25) is 4.79 Å². The van der Waals surface area contributed by atoms with Gasteiger partial charge in [-0.05, 0) is 62.6 Å². The van der Waals surface area contributed by atoms with Crippen LogP contribution in [0.2, 0.25) is 0 Å². The van der Waals surface area contributed by atoms with Crippen LogP contribution in [0.3, 0.4) is 0 Å². The first-order valence-electron chi connectivity index (χ1n) is 10.5. The second-order valence-corrected chi connectivity index (χ2v) is 7.76. The molecule has 0 bridgehead atoms. The number of nitrogens with zero attached hydrogens (tertiary/aromatic N) is 1. The molecule has 29 heavy (non-hydrogen) atoms. The molecule has 2 aromatic rings. The summed E-state index contributed by atoms with van der Waals surface area (Å²) in [5.74, 6) is 1.55. The number of rotatable bonds is 8. The fourth-order valence-corrected chi connectivity index (χ4v) is 3.45. The van der Waals surface area contributed by atoms with Crippen molar-refractivity contribution in [3.63, 3.8) is 0 Å². The molecule has 0 radical (unpaired) electrons. The highest BCUT2D eigenvalue weighted by atomic mass is 16.5. The lowest BCUT2D eigenvalue weighted by Gasteiger charge is -2.29. The summed E-state index contributed by atoms with van der Waals surface area (Å²) in [5.41, 5.74) is 2.07. The molecule has 156 valence electrons. The van der Waals surface area contributed by atoms with Crippen molar-refractivity contribution >= 4 is 5.91 Å². The van der Waals surface area contributed by atoms with Crippen molar-refractivity contribution in [1.82, 2.24) is 10.2 Å². The molecule has 0 spiro atoms. The van der Waals surface area contributed by atoms with Gasteiger partial charge in [-0.2, -0.15) is 0 Å². The van der Waals surface area contributed by atoms with Crippen LogP contribution in [0, 0.1) is 6.92 Å². The first-order valence-corrected chi connectivity index (χ1v) is 10.5. The van der Waals surface area contributed by atoms with Gasteiger partial charge in [-0.25, -0.2) is 0 Å². The molecule has 0 saturated carbocycles. The number of piperidine rings is 1. The molecule has 0 aliphatic carbocycles. The minimum absolute atomic E-state index is 0.0950. The topological polar surface area (TPSA) is 50.8 Å². The number of carbonyl (C=O) groups is 1. The van der Waals surface area contributed by atoms with Crippen LogP contribution >= 0.6 is 0 Å². The lowest BCUT2D eigenvalue weighted by Crippen LogP contribution is -2.37. The summed E-state index contributed by atoms with van der Waals surface area (Å²) in [7, 11) is 2.15. The maximum absolute atomic E-state index is 12.6. The van der Waals surface area contributed by atoms with Crippen LogP contribution in [0.15, 0.2) is 48.5 Å². The molecule has 1 fully saturated rings. The van der Waals surface area contributed by atoms with E-state index in [1.807, 2.05) is 62.4 Å². The third-order valence-electron chi connectivity index (χ3n) is 5.38. The molecule has 1 saturated heterocycles. The van der Waals surface area contributed by atoms with Crippen LogP contribution in [-0.2, 0) is 11.3 Å². The maximum Gasteiger partial charge on any atom is 0.261 e. The zero-order chi connectivity index (χ0) is 20.6. The minimum Gasteiger partial charge on any atom is -0.490 e. The van der Waals surface area contributed by atoms with Crippen LogP contribution in [0.25, 0.3) is 0 Å². The summed E-state index contributed by atoms with van der Waals surface area (Å²) in [4.78, 5) is 14.9. The normalized spacial score (nSPS) is 16.2. The molecule has 0 aromatic heterocycles. The highest BCUT2D eigenvalue weighted by Crippen LogP contribution is 2.20. The van der Waals surface area contributed by atoms with Crippen LogP contribution < -0.4 is 14.8 Å². The van der Waals surface area contributed by atoms with E-state index in [4.69, 9.17) is 9.47 Å². The Labute approximate surface area is 174 Å². The molecule has 5 nitrogen and oxygen atoms in total. The predicted molar refractivity (Wildman–Crippen MR) is 115 cm³/mol. The zero-order valence-electron chi connectivity index (χ0n) is 17.7. The van der Waals surface area contributed by atoms with E-state index in [2.05, 4.69) is 17.3 Å². The minimum atomic E-state index is -0.497. The molecule has 0 unspecified atom stereocenters. The lowest BCUT2D eigenvalue weighted by molar-refractivity contribution is -0.128. The number of para-hydroxylation sites is 1. The van der Waals surface area contributed by atoms with Crippen molar-refractivity contribution in [2.45, 2.75) is 51.9 Å². The summed E-state index contributed by atoms with van der Waals surface area (Å²) >= 11 is 0. The van der Waals surface area contributed by atoms with Crippen molar-refractivity contribution in [3.05, 3.63) is 59.7 Å². The highest BCUT2D eigenvalue weighted by Gasteiger charge is 2.19. The van der Waals surface area contributed by atoms with Crippen molar-refractivity contribution in [2.24, 2.45) is 0 Å². The SMILES string of the molecule is CC[C@H](Oc1ccccc1C)C(=O)NCc1ccc(OC2CCN(C)CC2)cc1. The molecule has 1 N–H and O–H groups in total.